The minimum atomic E-state index is -0.192. The van der Waals surface area contributed by atoms with E-state index in [2.05, 4.69) is 32.3 Å². The smallest absolute Gasteiger partial charge is 0.179 e. The molecule has 0 atom stereocenters. The summed E-state index contributed by atoms with van der Waals surface area (Å²) in [6.45, 7) is 18.6. The van der Waals surface area contributed by atoms with Crippen LogP contribution in [0.15, 0.2) is 25.1 Å². The zero-order valence-corrected chi connectivity index (χ0v) is 10.1. The summed E-state index contributed by atoms with van der Waals surface area (Å²) in [6.07, 6.45) is 1.92. The largest absolute Gasteiger partial charge is 0.474 e. The highest BCUT2D eigenvalue weighted by Gasteiger charge is 2.15. The van der Waals surface area contributed by atoms with Crippen molar-refractivity contribution in [1.82, 2.24) is 5.32 Å². The molecule has 2 heteroatoms. The van der Waals surface area contributed by atoms with Crippen LogP contribution in [0.5, 0.6) is 0 Å². The average Bonchev–Trinajstić information content (AvgIpc) is 1.98. The van der Waals surface area contributed by atoms with Gasteiger partial charge in [0.05, 0.1) is 0 Å². The molecule has 0 spiro atoms. The molecule has 0 heterocycles. The SMILES string of the molecule is C=CC(C)(C)CNC(=C)OC(C)(C)C. The molecular formula is C12H23NO. The predicted octanol–water partition coefficient (Wildman–Crippen LogP) is 3.07. The third-order valence-electron chi connectivity index (χ3n) is 1.72. The fraction of sp³-hybridized carbons (Fsp3) is 0.667. The van der Waals surface area contributed by atoms with Gasteiger partial charge in [-0.05, 0) is 32.8 Å². The minimum Gasteiger partial charge on any atom is -0.474 e. The van der Waals surface area contributed by atoms with Crippen molar-refractivity contribution in [3.8, 4) is 0 Å². The Kier molecular flexibility index (Phi) is 4.24. The number of rotatable bonds is 5. The first-order valence-corrected chi connectivity index (χ1v) is 4.92. The molecule has 1 N–H and O–H groups in total. The van der Waals surface area contributed by atoms with E-state index in [1.807, 2.05) is 26.8 Å². The minimum absolute atomic E-state index is 0.0597. The average molecular weight is 197 g/mol. The van der Waals surface area contributed by atoms with E-state index in [1.165, 1.54) is 0 Å². The predicted molar refractivity (Wildman–Crippen MR) is 62.0 cm³/mol. The molecule has 0 saturated heterocycles. The molecule has 0 aliphatic heterocycles. The summed E-state index contributed by atoms with van der Waals surface area (Å²) in [4.78, 5) is 0. The van der Waals surface area contributed by atoms with Gasteiger partial charge in [0, 0.05) is 6.54 Å². The van der Waals surface area contributed by atoms with Crippen molar-refractivity contribution < 1.29 is 4.74 Å². The van der Waals surface area contributed by atoms with Crippen LogP contribution in [-0.2, 0) is 4.74 Å². The fourth-order valence-corrected chi connectivity index (χ4v) is 0.804. The lowest BCUT2D eigenvalue weighted by Crippen LogP contribution is -2.31. The second-order valence-electron chi connectivity index (χ2n) is 5.18. The fourth-order valence-electron chi connectivity index (χ4n) is 0.804. The Hall–Kier alpha value is -0.920. The van der Waals surface area contributed by atoms with Gasteiger partial charge in [-0.1, -0.05) is 19.9 Å². The molecular weight excluding hydrogens is 174 g/mol. The van der Waals surface area contributed by atoms with E-state index in [-0.39, 0.29) is 11.0 Å². The molecule has 0 rings (SSSR count). The van der Waals surface area contributed by atoms with Gasteiger partial charge in [0.2, 0.25) is 0 Å². The Morgan fingerprint density at radius 1 is 1.29 bits per heavy atom. The van der Waals surface area contributed by atoms with Crippen molar-refractivity contribution in [3.05, 3.63) is 25.1 Å². The van der Waals surface area contributed by atoms with E-state index in [4.69, 9.17) is 4.74 Å². The maximum atomic E-state index is 5.54. The van der Waals surface area contributed by atoms with Gasteiger partial charge in [-0.3, -0.25) is 0 Å². The topological polar surface area (TPSA) is 21.3 Å². The van der Waals surface area contributed by atoms with Crippen molar-refractivity contribution in [2.24, 2.45) is 5.41 Å². The van der Waals surface area contributed by atoms with Gasteiger partial charge in [-0.15, -0.1) is 6.58 Å². The summed E-state index contributed by atoms with van der Waals surface area (Å²) in [5.41, 5.74) is -0.132. The van der Waals surface area contributed by atoms with Crippen molar-refractivity contribution >= 4 is 0 Å². The van der Waals surface area contributed by atoms with Crippen LogP contribution in [-0.4, -0.2) is 12.1 Å². The van der Waals surface area contributed by atoms with Crippen LogP contribution >= 0.6 is 0 Å². The van der Waals surface area contributed by atoms with Crippen molar-refractivity contribution in [3.63, 3.8) is 0 Å². The first-order valence-electron chi connectivity index (χ1n) is 4.92. The standard InChI is InChI=1S/C12H23NO/c1-8-12(6,7)9-13-10(2)14-11(3,4)5/h8,13H,1-2,9H2,3-7H3. The first kappa shape index (κ1) is 13.1. The van der Waals surface area contributed by atoms with Crippen molar-refractivity contribution in [2.45, 2.75) is 40.2 Å². The number of hydrogen-bond acceptors (Lipinski definition) is 2. The molecule has 0 radical (unpaired) electrons. The molecule has 0 bridgehead atoms. The number of hydrogen-bond donors (Lipinski definition) is 1. The second-order valence-corrected chi connectivity index (χ2v) is 5.18. The molecule has 0 unspecified atom stereocenters. The van der Waals surface area contributed by atoms with Gasteiger partial charge < -0.3 is 10.1 Å². The Morgan fingerprint density at radius 3 is 2.14 bits per heavy atom. The third-order valence-corrected chi connectivity index (χ3v) is 1.72. The van der Waals surface area contributed by atoms with Crippen LogP contribution in [0.3, 0.4) is 0 Å². The molecule has 0 aliphatic carbocycles. The van der Waals surface area contributed by atoms with E-state index in [9.17, 15) is 0 Å². The highest BCUT2D eigenvalue weighted by Crippen LogP contribution is 2.16. The molecule has 0 aliphatic rings. The Labute approximate surface area is 88.0 Å². The molecule has 82 valence electrons. The quantitative estimate of drug-likeness (QED) is 0.540. The second kappa shape index (κ2) is 4.54. The van der Waals surface area contributed by atoms with E-state index in [1.54, 1.807) is 0 Å². The zero-order chi connectivity index (χ0) is 11.4. The van der Waals surface area contributed by atoms with Crippen LogP contribution < -0.4 is 5.32 Å². The van der Waals surface area contributed by atoms with Gasteiger partial charge in [0.25, 0.3) is 0 Å². The Balaban J connectivity index is 3.93. The van der Waals surface area contributed by atoms with Crippen LogP contribution in [0.25, 0.3) is 0 Å². The van der Waals surface area contributed by atoms with Crippen LogP contribution in [0.1, 0.15) is 34.6 Å². The monoisotopic (exact) mass is 197 g/mol. The molecule has 0 fully saturated rings. The van der Waals surface area contributed by atoms with E-state index >= 15 is 0 Å². The molecule has 0 saturated carbocycles. The van der Waals surface area contributed by atoms with E-state index in [0.29, 0.717) is 5.88 Å². The summed E-state index contributed by atoms with van der Waals surface area (Å²) in [5, 5.41) is 3.14. The third kappa shape index (κ3) is 6.58. The molecule has 2 nitrogen and oxygen atoms in total. The normalized spacial score (nSPS) is 12.1. The molecule has 14 heavy (non-hydrogen) atoms. The number of ether oxygens (including phenoxy) is 1. The zero-order valence-electron chi connectivity index (χ0n) is 10.1. The lowest BCUT2D eigenvalue weighted by molar-refractivity contribution is 0.0398. The maximum Gasteiger partial charge on any atom is 0.179 e. The highest BCUT2D eigenvalue weighted by atomic mass is 16.5. The van der Waals surface area contributed by atoms with E-state index < -0.39 is 0 Å². The van der Waals surface area contributed by atoms with Gasteiger partial charge in [0.1, 0.15) is 5.60 Å². The lowest BCUT2D eigenvalue weighted by atomic mass is 9.94. The van der Waals surface area contributed by atoms with Gasteiger partial charge in [-0.2, -0.15) is 0 Å². The summed E-state index contributed by atoms with van der Waals surface area (Å²) in [5.74, 6) is 0.618. The van der Waals surface area contributed by atoms with Crippen LogP contribution in [0.2, 0.25) is 0 Å². The summed E-state index contributed by atoms with van der Waals surface area (Å²) < 4.78 is 5.54. The lowest BCUT2D eigenvalue weighted by Gasteiger charge is -2.26. The summed E-state index contributed by atoms with van der Waals surface area (Å²) in [6, 6.07) is 0. The Morgan fingerprint density at radius 2 is 1.79 bits per heavy atom. The highest BCUT2D eigenvalue weighted by molar-refractivity contribution is 4.93. The molecule has 0 amide bonds. The number of nitrogens with one attached hydrogen (secondary N) is 1. The van der Waals surface area contributed by atoms with Crippen molar-refractivity contribution in [2.75, 3.05) is 6.54 Å². The van der Waals surface area contributed by atoms with Gasteiger partial charge >= 0.3 is 0 Å². The molecule has 0 aromatic carbocycles. The van der Waals surface area contributed by atoms with Gasteiger partial charge in [0.15, 0.2) is 5.88 Å². The van der Waals surface area contributed by atoms with Crippen LogP contribution in [0, 0.1) is 5.41 Å². The Bertz CT molecular complexity index is 211. The van der Waals surface area contributed by atoms with Crippen LogP contribution in [0.4, 0.5) is 0 Å². The summed E-state index contributed by atoms with van der Waals surface area (Å²) in [7, 11) is 0. The molecule has 0 aromatic heterocycles. The molecule has 0 aromatic rings. The van der Waals surface area contributed by atoms with E-state index in [0.717, 1.165) is 6.54 Å². The summed E-state index contributed by atoms with van der Waals surface area (Å²) >= 11 is 0. The maximum absolute atomic E-state index is 5.54. The van der Waals surface area contributed by atoms with Crippen molar-refractivity contribution in [1.29, 1.82) is 0 Å². The van der Waals surface area contributed by atoms with Gasteiger partial charge in [-0.25, -0.2) is 0 Å². The first-order chi connectivity index (χ1) is 6.16.